The molecule has 0 bridgehead atoms. The lowest BCUT2D eigenvalue weighted by Gasteiger charge is -2.31. The van der Waals surface area contributed by atoms with Crippen molar-refractivity contribution in [1.29, 1.82) is 0 Å². The van der Waals surface area contributed by atoms with Crippen LogP contribution >= 0.6 is 11.6 Å². The summed E-state index contributed by atoms with van der Waals surface area (Å²) in [6.45, 7) is 4.01. The van der Waals surface area contributed by atoms with E-state index in [0.29, 0.717) is 16.9 Å². The molecule has 2 rings (SSSR count). The Hall–Kier alpha value is -0.600. The first-order valence-corrected chi connectivity index (χ1v) is 7.75. The summed E-state index contributed by atoms with van der Waals surface area (Å²) in [6, 6.07) is 4.84. The maximum atomic E-state index is 13.2. The van der Waals surface area contributed by atoms with Crippen molar-refractivity contribution in [2.45, 2.75) is 44.9 Å². The third-order valence-corrected chi connectivity index (χ3v) is 4.52. The van der Waals surface area contributed by atoms with Gasteiger partial charge in [0, 0.05) is 17.5 Å². The van der Waals surface area contributed by atoms with Crippen LogP contribution in [0.2, 0.25) is 5.02 Å². The average Bonchev–Trinajstić information content (AvgIpc) is 2.42. The largest absolute Gasteiger partial charge is 0.316 e. The number of nitrogens with one attached hydrogen (secondary N) is 1. The van der Waals surface area contributed by atoms with Crippen LogP contribution in [-0.2, 0) is 0 Å². The number of likely N-dealkylation sites (N-methyl/N-ethyl adjacent to an activating group) is 1. The SMILES string of the molecule is CCNCC(c1ccc(F)cc1Cl)C1CCCCC1. The molecular weight excluding hydrogens is 261 g/mol. The van der Waals surface area contributed by atoms with Crippen molar-refractivity contribution in [1.82, 2.24) is 5.32 Å². The smallest absolute Gasteiger partial charge is 0.124 e. The van der Waals surface area contributed by atoms with Crippen LogP contribution in [0.1, 0.15) is 50.5 Å². The number of benzene rings is 1. The van der Waals surface area contributed by atoms with Gasteiger partial charge in [-0.3, -0.25) is 0 Å². The Kier molecular flexibility index (Phi) is 5.65. The molecule has 0 spiro atoms. The Morgan fingerprint density at radius 3 is 2.68 bits per heavy atom. The van der Waals surface area contributed by atoms with Crippen LogP contribution in [0.25, 0.3) is 0 Å². The highest BCUT2D eigenvalue weighted by atomic mass is 35.5. The summed E-state index contributed by atoms with van der Waals surface area (Å²) >= 11 is 6.25. The molecule has 0 aromatic heterocycles. The standard InChI is InChI=1S/C16H23ClFN/c1-2-19-11-15(12-6-4-3-5-7-12)14-9-8-13(18)10-16(14)17/h8-10,12,15,19H,2-7,11H2,1H3. The van der Waals surface area contributed by atoms with Crippen molar-refractivity contribution >= 4 is 11.6 Å². The second kappa shape index (κ2) is 7.25. The lowest BCUT2D eigenvalue weighted by Crippen LogP contribution is -2.28. The van der Waals surface area contributed by atoms with Gasteiger partial charge < -0.3 is 5.32 Å². The molecule has 1 aliphatic rings. The summed E-state index contributed by atoms with van der Waals surface area (Å²) in [7, 11) is 0. The fourth-order valence-corrected chi connectivity index (χ4v) is 3.48. The first-order chi connectivity index (χ1) is 9.22. The van der Waals surface area contributed by atoms with Gasteiger partial charge in [-0.2, -0.15) is 0 Å². The summed E-state index contributed by atoms with van der Waals surface area (Å²) in [6.07, 6.45) is 6.51. The van der Waals surface area contributed by atoms with Crippen LogP contribution in [0.5, 0.6) is 0 Å². The van der Waals surface area contributed by atoms with Crippen LogP contribution in [0, 0.1) is 11.7 Å². The molecule has 1 fully saturated rings. The molecule has 1 N–H and O–H groups in total. The third kappa shape index (κ3) is 3.93. The minimum Gasteiger partial charge on any atom is -0.316 e. The van der Waals surface area contributed by atoms with Gasteiger partial charge in [0.25, 0.3) is 0 Å². The Morgan fingerprint density at radius 1 is 1.32 bits per heavy atom. The van der Waals surface area contributed by atoms with Gasteiger partial charge in [-0.15, -0.1) is 0 Å². The molecule has 1 unspecified atom stereocenters. The van der Waals surface area contributed by atoms with E-state index >= 15 is 0 Å². The molecule has 0 amide bonds. The molecule has 0 aliphatic heterocycles. The summed E-state index contributed by atoms with van der Waals surface area (Å²) in [5, 5.41) is 4.01. The highest BCUT2D eigenvalue weighted by Crippen LogP contribution is 2.38. The zero-order valence-corrected chi connectivity index (χ0v) is 12.3. The third-order valence-electron chi connectivity index (χ3n) is 4.20. The molecule has 0 saturated heterocycles. The zero-order chi connectivity index (χ0) is 13.7. The highest BCUT2D eigenvalue weighted by Gasteiger charge is 2.26. The first kappa shape index (κ1) is 14.8. The number of hydrogen-bond donors (Lipinski definition) is 1. The van der Waals surface area contributed by atoms with Gasteiger partial charge in [-0.1, -0.05) is 43.9 Å². The molecule has 0 radical (unpaired) electrons. The topological polar surface area (TPSA) is 12.0 Å². The lowest BCUT2D eigenvalue weighted by atomic mass is 9.76. The van der Waals surface area contributed by atoms with Crippen LogP contribution in [0.15, 0.2) is 18.2 Å². The summed E-state index contributed by atoms with van der Waals surface area (Å²) in [5.41, 5.74) is 1.11. The monoisotopic (exact) mass is 283 g/mol. The maximum absolute atomic E-state index is 13.2. The molecule has 1 aromatic carbocycles. The van der Waals surface area contributed by atoms with Gasteiger partial charge in [0.15, 0.2) is 0 Å². The molecule has 19 heavy (non-hydrogen) atoms. The quantitative estimate of drug-likeness (QED) is 0.822. The van der Waals surface area contributed by atoms with E-state index in [2.05, 4.69) is 12.2 Å². The minimum atomic E-state index is -0.250. The molecular formula is C16H23ClFN. The first-order valence-electron chi connectivity index (χ1n) is 7.38. The van der Waals surface area contributed by atoms with Crippen molar-refractivity contribution in [3.8, 4) is 0 Å². The van der Waals surface area contributed by atoms with E-state index < -0.39 is 0 Å². The Balaban J connectivity index is 2.19. The molecule has 1 atom stereocenters. The van der Waals surface area contributed by atoms with Crippen LogP contribution in [-0.4, -0.2) is 13.1 Å². The van der Waals surface area contributed by atoms with Crippen LogP contribution in [0.4, 0.5) is 4.39 Å². The zero-order valence-electron chi connectivity index (χ0n) is 11.6. The summed E-state index contributed by atoms with van der Waals surface area (Å²) in [4.78, 5) is 0. The Bertz CT molecular complexity index is 402. The minimum absolute atomic E-state index is 0.250. The van der Waals surface area contributed by atoms with Crippen molar-refractivity contribution in [2.24, 2.45) is 5.92 Å². The number of halogens is 2. The maximum Gasteiger partial charge on any atom is 0.124 e. The van der Waals surface area contributed by atoms with Gasteiger partial charge in [0.05, 0.1) is 0 Å². The van der Waals surface area contributed by atoms with Crippen molar-refractivity contribution in [2.75, 3.05) is 13.1 Å². The van der Waals surface area contributed by atoms with E-state index in [0.717, 1.165) is 18.7 Å². The van der Waals surface area contributed by atoms with E-state index in [4.69, 9.17) is 11.6 Å². The average molecular weight is 284 g/mol. The number of hydrogen-bond acceptors (Lipinski definition) is 1. The normalized spacial score (nSPS) is 18.5. The predicted molar refractivity (Wildman–Crippen MR) is 79.3 cm³/mol. The fraction of sp³-hybridized carbons (Fsp3) is 0.625. The van der Waals surface area contributed by atoms with Gasteiger partial charge in [0.1, 0.15) is 5.82 Å². The molecule has 106 valence electrons. The van der Waals surface area contributed by atoms with Gasteiger partial charge in [0.2, 0.25) is 0 Å². The van der Waals surface area contributed by atoms with Crippen molar-refractivity contribution in [3.05, 3.63) is 34.6 Å². The summed E-state index contributed by atoms with van der Waals surface area (Å²) in [5.74, 6) is 0.837. The van der Waals surface area contributed by atoms with Crippen LogP contribution in [0.3, 0.4) is 0 Å². The Labute approximate surface area is 120 Å². The van der Waals surface area contributed by atoms with E-state index in [-0.39, 0.29) is 5.82 Å². The molecule has 0 heterocycles. The number of rotatable bonds is 5. The fourth-order valence-electron chi connectivity index (χ4n) is 3.17. The second-order valence-corrected chi connectivity index (χ2v) is 5.89. The lowest BCUT2D eigenvalue weighted by molar-refractivity contribution is 0.298. The molecule has 1 saturated carbocycles. The molecule has 1 aromatic rings. The molecule has 1 aliphatic carbocycles. The summed E-state index contributed by atoms with van der Waals surface area (Å²) < 4.78 is 13.2. The van der Waals surface area contributed by atoms with E-state index in [1.165, 1.54) is 44.2 Å². The van der Waals surface area contributed by atoms with Gasteiger partial charge in [-0.05, 0) is 43.0 Å². The Morgan fingerprint density at radius 2 is 2.05 bits per heavy atom. The van der Waals surface area contributed by atoms with Crippen LogP contribution < -0.4 is 5.32 Å². The van der Waals surface area contributed by atoms with Crippen molar-refractivity contribution < 1.29 is 4.39 Å². The van der Waals surface area contributed by atoms with E-state index in [1.807, 2.05) is 6.07 Å². The van der Waals surface area contributed by atoms with E-state index in [1.54, 1.807) is 0 Å². The predicted octanol–water partition coefficient (Wildman–Crippen LogP) is 4.75. The van der Waals surface area contributed by atoms with Crippen molar-refractivity contribution in [3.63, 3.8) is 0 Å². The van der Waals surface area contributed by atoms with Gasteiger partial charge >= 0.3 is 0 Å². The molecule has 3 heteroatoms. The highest BCUT2D eigenvalue weighted by molar-refractivity contribution is 6.31. The second-order valence-electron chi connectivity index (χ2n) is 5.48. The van der Waals surface area contributed by atoms with Gasteiger partial charge in [-0.25, -0.2) is 4.39 Å². The molecule has 1 nitrogen and oxygen atoms in total. The van der Waals surface area contributed by atoms with E-state index in [9.17, 15) is 4.39 Å².